The summed E-state index contributed by atoms with van der Waals surface area (Å²) in [6.07, 6.45) is 3.58. The third kappa shape index (κ3) is 2.83. The van der Waals surface area contributed by atoms with Crippen LogP contribution in [0.5, 0.6) is 0 Å². The minimum atomic E-state index is -1.29. The molecule has 2 N–H and O–H groups in total. The predicted molar refractivity (Wildman–Crippen MR) is 70.5 cm³/mol. The predicted octanol–water partition coefficient (Wildman–Crippen LogP) is 2.89. The molecule has 1 aromatic rings. The van der Waals surface area contributed by atoms with Crippen LogP contribution in [-0.2, 0) is 0 Å². The third-order valence-electron chi connectivity index (χ3n) is 3.67. The summed E-state index contributed by atoms with van der Waals surface area (Å²) in [6, 6.07) is 4.37. The number of anilines is 1. The Morgan fingerprint density at radius 3 is 2.68 bits per heavy atom. The van der Waals surface area contributed by atoms with Crippen molar-refractivity contribution in [3.05, 3.63) is 33.9 Å². The Bertz CT molecular complexity index is 511. The molecule has 1 aromatic carbocycles. The first kappa shape index (κ1) is 13.3. The number of hydrogen-bond acceptors (Lipinski definition) is 4. The van der Waals surface area contributed by atoms with E-state index in [2.05, 4.69) is 5.32 Å². The molecular weight excluding hydrogens is 248 g/mol. The molecule has 6 heteroatoms. The Balaban J connectivity index is 2.20. The van der Waals surface area contributed by atoms with E-state index in [0.29, 0.717) is 11.6 Å². The highest BCUT2D eigenvalue weighted by Gasteiger charge is 2.25. The number of benzene rings is 1. The molecule has 0 bridgehead atoms. The maximum absolute atomic E-state index is 11.0. The number of aromatic carboxylic acids is 1. The van der Waals surface area contributed by atoms with Gasteiger partial charge in [-0.05, 0) is 37.8 Å². The summed E-state index contributed by atoms with van der Waals surface area (Å²) in [5, 5.41) is 23.0. The van der Waals surface area contributed by atoms with Gasteiger partial charge in [-0.1, -0.05) is 6.42 Å². The van der Waals surface area contributed by atoms with Gasteiger partial charge < -0.3 is 10.4 Å². The van der Waals surface area contributed by atoms with Gasteiger partial charge in [-0.2, -0.15) is 0 Å². The van der Waals surface area contributed by atoms with E-state index < -0.39 is 10.9 Å². The SMILES string of the molecule is CC(Nc1ccc([N+](=O)[O-])c(C(=O)O)c1)C1CCC1. The van der Waals surface area contributed by atoms with Crippen molar-refractivity contribution < 1.29 is 14.8 Å². The lowest BCUT2D eigenvalue weighted by atomic mass is 9.80. The van der Waals surface area contributed by atoms with Crippen molar-refractivity contribution in [3.8, 4) is 0 Å². The summed E-state index contributed by atoms with van der Waals surface area (Å²) in [6.45, 7) is 2.05. The van der Waals surface area contributed by atoms with Crippen LogP contribution in [0.25, 0.3) is 0 Å². The Labute approximate surface area is 110 Å². The van der Waals surface area contributed by atoms with Crippen molar-refractivity contribution in [2.24, 2.45) is 5.92 Å². The van der Waals surface area contributed by atoms with Crippen LogP contribution in [-0.4, -0.2) is 22.0 Å². The van der Waals surface area contributed by atoms with Crippen molar-refractivity contribution in [1.82, 2.24) is 0 Å². The molecule has 0 spiro atoms. The second-order valence-corrected chi connectivity index (χ2v) is 4.92. The van der Waals surface area contributed by atoms with Gasteiger partial charge >= 0.3 is 5.97 Å². The Kier molecular flexibility index (Phi) is 3.69. The second kappa shape index (κ2) is 5.26. The zero-order valence-corrected chi connectivity index (χ0v) is 10.6. The quantitative estimate of drug-likeness (QED) is 0.630. The molecule has 0 aromatic heterocycles. The molecule has 1 aliphatic rings. The zero-order chi connectivity index (χ0) is 14.0. The number of nitro groups is 1. The van der Waals surface area contributed by atoms with Crippen LogP contribution >= 0.6 is 0 Å². The first-order valence-electron chi connectivity index (χ1n) is 6.27. The van der Waals surface area contributed by atoms with Crippen molar-refractivity contribution in [1.29, 1.82) is 0 Å². The monoisotopic (exact) mass is 264 g/mol. The number of hydrogen-bond donors (Lipinski definition) is 2. The molecule has 1 aliphatic carbocycles. The van der Waals surface area contributed by atoms with Gasteiger partial charge in [0.15, 0.2) is 0 Å². The average Bonchev–Trinajstić information content (AvgIpc) is 2.25. The van der Waals surface area contributed by atoms with Gasteiger partial charge in [-0.3, -0.25) is 10.1 Å². The summed E-state index contributed by atoms with van der Waals surface area (Å²) >= 11 is 0. The Hall–Kier alpha value is -2.11. The lowest BCUT2D eigenvalue weighted by molar-refractivity contribution is -0.385. The number of carbonyl (C=O) groups is 1. The molecule has 6 nitrogen and oxygen atoms in total. The average molecular weight is 264 g/mol. The number of nitro benzene ring substituents is 1. The molecule has 2 rings (SSSR count). The zero-order valence-electron chi connectivity index (χ0n) is 10.6. The highest BCUT2D eigenvalue weighted by molar-refractivity contribution is 5.93. The van der Waals surface area contributed by atoms with E-state index >= 15 is 0 Å². The van der Waals surface area contributed by atoms with E-state index in [1.165, 1.54) is 31.4 Å². The number of nitrogens with one attached hydrogen (secondary N) is 1. The van der Waals surface area contributed by atoms with E-state index in [-0.39, 0.29) is 17.3 Å². The molecule has 1 unspecified atom stereocenters. The van der Waals surface area contributed by atoms with Gasteiger partial charge in [0, 0.05) is 17.8 Å². The highest BCUT2D eigenvalue weighted by atomic mass is 16.6. The number of rotatable bonds is 5. The van der Waals surface area contributed by atoms with Gasteiger partial charge in [0.05, 0.1) is 4.92 Å². The molecule has 0 radical (unpaired) electrons. The summed E-state index contributed by atoms with van der Waals surface area (Å²) in [7, 11) is 0. The van der Waals surface area contributed by atoms with Crippen LogP contribution in [0, 0.1) is 16.0 Å². The number of nitrogens with zero attached hydrogens (tertiary/aromatic N) is 1. The van der Waals surface area contributed by atoms with Crippen LogP contribution in [0.1, 0.15) is 36.5 Å². The fraction of sp³-hybridized carbons (Fsp3) is 0.462. The topological polar surface area (TPSA) is 92.5 Å². The van der Waals surface area contributed by atoms with Gasteiger partial charge in [0.25, 0.3) is 5.69 Å². The molecule has 0 heterocycles. The second-order valence-electron chi connectivity index (χ2n) is 4.92. The van der Waals surface area contributed by atoms with Crippen LogP contribution < -0.4 is 5.32 Å². The molecule has 102 valence electrons. The fourth-order valence-electron chi connectivity index (χ4n) is 2.28. The summed E-state index contributed by atoms with van der Waals surface area (Å²) < 4.78 is 0. The standard InChI is InChI=1S/C13H16N2O4/c1-8(9-3-2-4-9)14-10-5-6-12(15(18)19)11(7-10)13(16)17/h5-9,14H,2-4H2,1H3,(H,16,17). The smallest absolute Gasteiger partial charge is 0.342 e. The van der Waals surface area contributed by atoms with Crippen LogP contribution in [0.3, 0.4) is 0 Å². The van der Waals surface area contributed by atoms with Gasteiger partial charge in [0.1, 0.15) is 5.56 Å². The normalized spacial score (nSPS) is 16.5. The van der Waals surface area contributed by atoms with E-state index in [4.69, 9.17) is 5.11 Å². The third-order valence-corrected chi connectivity index (χ3v) is 3.67. The van der Waals surface area contributed by atoms with E-state index in [1.807, 2.05) is 6.92 Å². The summed E-state index contributed by atoms with van der Waals surface area (Å²) in [4.78, 5) is 21.1. The fourth-order valence-corrected chi connectivity index (χ4v) is 2.28. The first-order chi connectivity index (χ1) is 8.99. The van der Waals surface area contributed by atoms with E-state index in [1.54, 1.807) is 6.07 Å². The molecular formula is C13H16N2O4. The highest BCUT2D eigenvalue weighted by Crippen LogP contribution is 2.31. The van der Waals surface area contributed by atoms with E-state index in [9.17, 15) is 14.9 Å². The Morgan fingerprint density at radius 1 is 1.53 bits per heavy atom. The maximum atomic E-state index is 11.0. The largest absolute Gasteiger partial charge is 0.477 e. The number of carboxylic acids is 1. The molecule has 1 fully saturated rings. The lowest BCUT2D eigenvalue weighted by Crippen LogP contribution is -2.30. The minimum absolute atomic E-state index is 0.247. The lowest BCUT2D eigenvalue weighted by Gasteiger charge is -2.32. The van der Waals surface area contributed by atoms with Crippen molar-refractivity contribution >= 4 is 17.3 Å². The van der Waals surface area contributed by atoms with Crippen molar-refractivity contribution in [2.75, 3.05) is 5.32 Å². The molecule has 1 saturated carbocycles. The van der Waals surface area contributed by atoms with Crippen LogP contribution in [0.2, 0.25) is 0 Å². The van der Waals surface area contributed by atoms with Crippen molar-refractivity contribution in [3.63, 3.8) is 0 Å². The number of carboxylic acid groups (broad SMARTS) is 1. The molecule has 0 amide bonds. The summed E-state index contributed by atoms with van der Waals surface area (Å²) in [5.41, 5.74) is -0.0486. The van der Waals surface area contributed by atoms with Gasteiger partial charge in [0.2, 0.25) is 0 Å². The van der Waals surface area contributed by atoms with E-state index in [0.717, 1.165) is 0 Å². The summed E-state index contributed by atoms with van der Waals surface area (Å²) in [5.74, 6) is -0.685. The first-order valence-corrected chi connectivity index (χ1v) is 6.27. The minimum Gasteiger partial charge on any atom is -0.477 e. The van der Waals surface area contributed by atoms with Crippen LogP contribution in [0.15, 0.2) is 18.2 Å². The van der Waals surface area contributed by atoms with Crippen LogP contribution in [0.4, 0.5) is 11.4 Å². The molecule has 1 atom stereocenters. The molecule has 0 aliphatic heterocycles. The van der Waals surface area contributed by atoms with Crippen molar-refractivity contribution in [2.45, 2.75) is 32.2 Å². The molecule has 0 saturated heterocycles. The van der Waals surface area contributed by atoms with Gasteiger partial charge in [-0.15, -0.1) is 0 Å². The Morgan fingerprint density at radius 2 is 2.21 bits per heavy atom. The molecule has 19 heavy (non-hydrogen) atoms. The van der Waals surface area contributed by atoms with Gasteiger partial charge in [-0.25, -0.2) is 4.79 Å². The maximum Gasteiger partial charge on any atom is 0.342 e.